The minimum Gasteiger partial charge on any atom is -0.491 e. The van der Waals surface area contributed by atoms with E-state index in [0.717, 1.165) is 22.6 Å². The highest BCUT2D eigenvalue weighted by Gasteiger charge is 2.24. The minimum atomic E-state index is -0.187. The van der Waals surface area contributed by atoms with Crippen LogP contribution < -0.4 is 14.2 Å². The van der Waals surface area contributed by atoms with Gasteiger partial charge in [-0.15, -0.1) is 0 Å². The van der Waals surface area contributed by atoms with Gasteiger partial charge in [0.05, 0.1) is 12.2 Å². The van der Waals surface area contributed by atoms with Gasteiger partial charge in [0, 0.05) is 17.2 Å². The molecule has 32 heavy (non-hydrogen) atoms. The van der Waals surface area contributed by atoms with Crippen LogP contribution in [0.4, 0.5) is 0 Å². The third-order valence-corrected chi connectivity index (χ3v) is 4.51. The molecule has 0 aliphatic heterocycles. The Bertz CT molecular complexity index is 945. The van der Waals surface area contributed by atoms with Crippen LogP contribution in [-0.2, 0) is 5.41 Å². The van der Waals surface area contributed by atoms with Crippen LogP contribution in [0.3, 0.4) is 0 Å². The normalized spacial score (nSPS) is 11.8. The summed E-state index contributed by atoms with van der Waals surface area (Å²) in [5, 5.41) is 0. The second-order valence-corrected chi connectivity index (χ2v) is 9.29. The fraction of sp³-hybridized carbons (Fsp3) is 0.393. The van der Waals surface area contributed by atoms with Gasteiger partial charge in [0.25, 0.3) is 0 Å². The van der Waals surface area contributed by atoms with Gasteiger partial charge in [-0.1, -0.05) is 39.5 Å². The van der Waals surface area contributed by atoms with Crippen molar-refractivity contribution in [1.82, 2.24) is 0 Å². The molecule has 0 aromatic heterocycles. The highest BCUT2D eigenvalue weighted by atomic mass is 16.5. The van der Waals surface area contributed by atoms with Crippen LogP contribution in [-0.4, -0.2) is 24.6 Å². The van der Waals surface area contributed by atoms with Crippen molar-refractivity contribution in [3.05, 3.63) is 71.8 Å². The molecule has 0 N–H and O–H groups in total. The van der Waals surface area contributed by atoms with Gasteiger partial charge < -0.3 is 14.2 Å². The van der Waals surface area contributed by atoms with Crippen molar-refractivity contribution >= 4 is 11.9 Å². The topological polar surface area (TPSA) is 44.8 Å². The van der Waals surface area contributed by atoms with Crippen LogP contribution in [0.2, 0.25) is 0 Å². The summed E-state index contributed by atoms with van der Waals surface area (Å²) in [4.78, 5) is 12.8. The molecule has 0 atom stereocenters. The maximum Gasteiger partial charge on any atom is 0.185 e. The zero-order chi connectivity index (χ0) is 23.9. The van der Waals surface area contributed by atoms with Gasteiger partial charge in [-0.3, -0.25) is 4.79 Å². The zero-order valence-corrected chi connectivity index (χ0v) is 20.4. The number of hydrogen-bond acceptors (Lipinski definition) is 4. The maximum absolute atomic E-state index is 12.8. The van der Waals surface area contributed by atoms with Crippen LogP contribution in [0.5, 0.6) is 17.2 Å². The van der Waals surface area contributed by atoms with Crippen molar-refractivity contribution in [2.75, 3.05) is 6.61 Å². The molecular formula is C28H36O4. The summed E-state index contributed by atoms with van der Waals surface area (Å²) >= 11 is 0. The third-order valence-electron chi connectivity index (χ3n) is 4.51. The largest absolute Gasteiger partial charge is 0.491 e. The Kier molecular flexibility index (Phi) is 8.71. The Morgan fingerprint density at radius 1 is 0.969 bits per heavy atom. The smallest absolute Gasteiger partial charge is 0.185 e. The Hall–Kier alpha value is -3.01. The summed E-state index contributed by atoms with van der Waals surface area (Å²) in [6, 6.07) is 11.0. The van der Waals surface area contributed by atoms with Crippen LogP contribution in [0.25, 0.3) is 6.08 Å². The van der Waals surface area contributed by atoms with E-state index in [4.69, 9.17) is 14.2 Å². The number of carbonyl (C=O) groups is 1. The highest BCUT2D eigenvalue weighted by Crippen LogP contribution is 2.39. The van der Waals surface area contributed by atoms with Crippen molar-refractivity contribution in [2.45, 2.75) is 66.1 Å². The van der Waals surface area contributed by atoms with Gasteiger partial charge in [-0.05, 0) is 75.1 Å². The number of benzene rings is 2. The molecule has 0 fully saturated rings. The molecule has 0 saturated heterocycles. The van der Waals surface area contributed by atoms with Crippen LogP contribution >= 0.6 is 0 Å². The number of carbonyl (C=O) groups excluding carboxylic acids is 1. The average molecular weight is 437 g/mol. The summed E-state index contributed by atoms with van der Waals surface area (Å²) in [6.45, 7) is 18.5. The maximum atomic E-state index is 12.8. The van der Waals surface area contributed by atoms with E-state index < -0.39 is 0 Å². The molecule has 0 amide bonds. The lowest BCUT2D eigenvalue weighted by Crippen LogP contribution is -2.18. The van der Waals surface area contributed by atoms with Crippen molar-refractivity contribution < 1.29 is 19.0 Å². The molecule has 0 saturated carbocycles. The second-order valence-electron chi connectivity index (χ2n) is 9.29. The van der Waals surface area contributed by atoms with Gasteiger partial charge >= 0.3 is 0 Å². The molecule has 0 aliphatic carbocycles. The molecule has 0 aliphatic rings. The first-order valence-electron chi connectivity index (χ1n) is 11.1. The highest BCUT2D eigenvalue weighted by molar-refractivity contribution is 6.07. The van der Waals surface area contributed by atoms with Gasteiger partial charge in [-0.25, -0.2) is 0 Å². The molecule has 0 radical (unpaired) electrons. The molecule has 4 nitrogen and oxygen atoms in total. The Labute approximate surface area is 192 Å². The Morgan fingerprint density at radius 2 is 1.59 bits per heavy atom. The summed E-state index contributed by atoms with van der Waals surface area (Å²) in [5.41, 5.74) is 2.36. The molecule has 172 valence electrons. The van der Waals surface area contributed by atoms with Gasteiger partial charge in [0.15, 0.2) is 5.78 Å². The quantitative estimate of drug-likeness (QED) is 0.228. The van der Waals surface area contributed by atoms with E-state index in [1.165, 1.54) is 0 Å². The molecule has 2 aromatic carbocycles. The molecule has 0 spiro atoms. The third kappa shape index (κ3) is 7.30. The number of hydrogen-bond donors (Lipinski definition) is 0. The summed E-state index contributed by atoms with van der Waals surface area (Å²) < 4.78 is 17.6. The van der Waals surface area contributed by atoms with Gasteiger partial charge in [0.1, 0.15) is 23.9 Å². The summed E-state index contributed by atoms with van der Waals surface area (Å²) in [6.07, 6.45) is 5.19. The number of rotatable bonds is 10. The lowest BCUT2D eigenvalue weighted by atomic mass is 9.82. The standard InChI is InChI=1S/C28H36O4/c1-9-16-30-23-13-10-21(11-14-23)25(29)15-12-22-17-24(31-19(2)3)18-26(32-20(4)5)27(22)28(6,7)8/h9-15,17-20H,1,16H2,2-8H3/b15-12+. The Balaban J connectivity index is 2.43. The lowest BCUT2D eigenvalue weighted by Gasteiger charge is -2.27. The van der Waals surface area contributed by atoms with E-state index in [0.29, 0.717) is 17.9 Å². The predicted octanol–water partition coefficient (Wildman–Crippen LogP) is 7.02. The first-order chi connectivity index (χ1) is 15.0. The fourth-order valence-corrected chi connectivity index (χ4v) is 3.36. The van der Waals surface area contributed by atoms with Crippen LogP contribution in [0.15, 0.2) is 55.1 Å². The number of ether oxygens (including phenoxy) is 3. The summed E-state index contributed by atoms with van der Waals surface area (Å²) in [7, 11) is 0. The van der Waals surface area contributed by atoms with Crippen LogP contribution in [0, 0.1) is 0 Å². The van der Waals surface area contributed by atoms with E-state index in [-0.39, 0.29) is 23.4 Å². The van der Waals surface area contributed by atoms with E-state index in [2.05, 4.69) is 27.4 Å². The molecule has 4 heteroatoms. The van der Waals surface area contributed by atoms with Gasteiger partial charge in [0.2, 0.25) is 0 Å². The van der Waals surface area contributed by atoms with E-state index >= 15 is 0 Å². The van der Waals surface area contributed by atoms with Crippen molar-refractivity contribution in [3.8, 4) is 17.2 Å². The molecule has 2 rings (SSSR count). The number of ketones is 1. The number of allylic oxidation sites excluding steroid dienone is 1. The van der Waals surface area contributed by atoms with Crippen molar-refractivity contribution in [3.63, 3.8) is 0 Å². The SMILES string of the molecule is C=CCOc1ccc(C(=O)/C=C/c2cc(OC(C)C)cc(OC(C)C)c2C(C)(C)C)cc1. The van der Waals surface area contributed by atoms with E-state index in [1.807, 2.05) is 45.9 Å². The Morgan fingerprint density at radius 3 is 2.12 bits per heavy atom. The molecule has 0 unspecified atom stereocenters. The minimum absolute atomic E-state index is 0.0192. The predicted molar refractivity (Wildman–Crippen MR) is 132 cm³/mol. The first-order valence-corrected chi connectivity index (χ1v) is 11.1. The molecule has 2 aromatic rings. The van der Waals surface area contributed by atoms with Crippen LogP contribution in [0.1, 0.15) is 70.0 Å². The zero-order valence-electron chi connectivity index (χ0n) is 20.4. The molecule has 0 bridgehead atoms. The first kappa shape index (κ1) is 25.3. The molecule has 0 heterocycles. The van der Waals surface area contributed by atoms with E-state index in [1.54, 1.807) is 36.4 Å². The molecular weight excluding hydrogens is 400 g/mol. The second kappa shape index (κ2) is 11.0. The summed E-state index contributed by atoms with van der Waals surface area (Å²) in [5.74, 6) is 2.12. The lowest BCUT2D eigenvalue weighted by molar-refractivity contribution is 0.104. The monoisotopic (exact) mass is 436 g/mol. The van der Waals surface area contributed by atoms with Gasteiger partial charge in [-0.2, -0.15) is 0 Å². The fourth-order valence-electron chi connectivity index (χ4n) is 3.36. The van der Waals surface area contributed by atoms with E-state index in [9.17, 15) is 4.79 Å². The van der Waals surface area contributed by atoms with Crippen molar-refractivity contribution in [2.24, 2.45) is 0 Å². The van der Waals surface area contributed by atoms with Crippen molar-refractivity contribution in [1.29, 1.82) is 0 Å². The average Bonchev–Trinajstić information content (AvgIpc) is 2.68.